The summed E-state index contributed by atoms with van der Waals surface area (Å²) in [6.07, 6.45) is 0. The molecule has 3 aromatic rings. The second-order valence-corrected chi connectivity index (χ2v) is 4.39. The van der Waals surface area contributed by atoms with Crippen LogP contribution in [0, 0.1) is 0 Å². The molecule has 0 amide bonds. The van der Waals surface area contributed by atoms with Crippen LogP contribution in [-0.4, -0.2) is 0 Å². The SMILES string of the molecule is NCc1ccc(Oc2ccccc2)c2ccccc12. The first kappa shape index (κ1) is 11.8. The van der Waals surface area contributed by atoms with Gasteiger partial charge in [0.1, 0.15) is 11.5 Å². The van der Waals surface area contributed by atoms with Gasteiger partial charge < -0.3 is 10.5 Å². The molecule has 0 saturated heterocycles. The van der Waals surface area contributed by atoms with Gasteiger partial charge in [0.25, 0.3) is 0 Å². The van der Waals surface area contributed by atoms with Crippen molar-refractivity contribution >= 4 is 10.8 Å². The second kappa shape index (κ2) is 5.12. The van der Waals surface area contributed by atoms with Crippen molar-refractivity contribution in [2.24, 2.45) is 5.73 Å². The number of nitrogens with two attached hydrogens (primary N) is 1. The fourth-order valence-corrected chi connectivity index (χ4v) is 2.22. The molecule has 2 N–H and O–H groups in total. The highest BCUT2D eigenvalue weighted by molar-refractivity contribution is 5.91. The number of para-hydroxylation sites is 1. The zero-order chi connectivity index (χ0) is 13.1. The molecule has 19 heavy (non-hydrogen) atoms. The van der Waals surface area contributed by atoms with E-state index in [2.05, 4.69) is 12.1 Å². The lowest BCUT2D eigenvalue weighted by Gasteiger charge is -2.11. The Morgan fingerprint density at radius 3 is 2.16 bits per heavy atom. The van der Waals surface area contributed by atoms with Crippen LogP contribution in [0.5, 0.6) is 11.5 Å². The molecule has 0 atom stereocenters. The monoisotopic (exact) mass is 249 g/mol. The van der Waals surface area contributed by atoms with Crippen LogP contribution in [0.15, 0.2) is 66.7 Å². The standard InChI is InChI=1S/C17H15NO/c18-12-13-10-11-17(16-9-5-4-8-15(13)16)19-14-6-2-1-3-7-14/h1-11H,12,18H2. The van der Waals surface area contributed by atoms with Crippen LogP contribution in [0.4, 0.5) is 0 Å². The van der Waals surface area contributed by atoms with Crippen molar-refractivity contribution in [1.82, 2.24) is 0 Å². The number of ether oxygens (including phenoxy) is 1. The van der Waals surface area contributed by atoms with Crippen molar-refractivity contribution in [2.45, 2.75) is 6.54 Å². The Morgan fingerprint density at radius 2 is 1.42 bits per heavy atom. The molecule has 2 nitrogen and oxygen atoms in total. The molecule has 0 aliphatic rings. The summed E-state index contributed by atoms with van der Waals surface area (Å²) in [7, 11) is 0. The average molecular weight is 249 g/mol. The van der Waals surface area contributed by atoms with Gasteiger partial charge in [-0.25, -0.2) is 0 Å². The number of fused-ring (bicyclic) bond motifs is 1. The predicted molar refractivity (Wildman–Crippen MR) is 78.4 cm³/mol. The van der Waals surface area contributed by atoms with Gasteiger partial charge in [0, 0.05) is 11.9 Å². The van der Waals surface area contributed by atoms with Crippen LogP contribution in [0.1, 0.15) is 5.56 Å². The minimum atomic E-state index is 0.534. The first-order valence-electron chi connectivity index (χ1n) is 6.32. The molecule has 0 saturated carbocycles. The zero-order valence-electron chi connectivity index (χ0n) is 10.5. The molecule has 0 fully saturated rings. The summed E-state index contributed by atoms with van der Waals surface area (Å²) >= 11 is 0. The van der Waals surface area contributed by atoms with E-state index in [1.54, 1.807) is 0 Å². The summed E-state index contributed by atoms with van der Waals surface area (Å²) in [6.45, 7) is 0.534. The largest absolute Gasteiger partial charge is 0.457 e. The van der Waals surface area contributed by atoms with E-state index in [4.69, 9.17) is 10.5 Å². The van der Waals surface area contributed by atoms with E-state index >= 15 is 0 Å². The second-order valence-electron chi connectivity index (χ2n) is 4.39. The Kier molecular flexibility index (Phi) is 3.17. The maximum absolute atomic E-state index is 5.95. The van der Waals surface area contributed by atoms with Crippen LogP contribution in [-0.2, 0) is 6.54 Å². The molecule has 0 radical (unpaired) electrons. The molecule has 0 unspecified atom stereocenters. The smallest absolute Gasteiger partial charge is 0.135 e. The van der Waals surface area contributed by atoms with Crippen molar-refractivity contribution in [3.05, 3.63) is 72.3 Å². The van der Waals surface area contributed by atoms with Crippen molar-refractivity contribution in [3.63, 3.8) is 0 Å². The Morgan fingerprint density at radius 1 is 0.737 bits per heavy atom. The molecular formula is C17H15NO. The molecule has 0 bridgehead atoms. The van der Waals surface area contributed by atoms with Crippen molar-refractivity contribution in [2.75, 3.05) is 0 Å². The number of benzene rings is 3. The third kappa shape index (κ3) is 2.30. The molecule has 2 heteroatoms. The summed E-state index contributed by atoms with van der Waals surface area (Å²) in [5, 5.41) is 2.24. The van der Waals surface area contributed by atoms with Crippen LogP contribution < -0.4 is 10.5 Å². The summed E-state index contributed by atoms with van der Waals surface area (Å²) < 4.78 is 5.95. The van der Waals surface area contributed by atoms with Gasteiger partial charge in [-0.3, -0.25) is 0 Å². The van der Waals surface area contributed by atoms with E-state index in [1.807, 2.05) is 54.6 Å². The van der Waals surface area contributed by atoms with Crippen molar-refractivity contribution in [3.8, 4) is 11.5 Å². The lowest BCUT2D eigenvalue weighted by Crippen LogP contribution is -1.97. The predicted octanol–water partition coefficient (Wildman–Crippen LogP) is 4.09. The molecule has 0 heterocycles. The molecule has 0 spiro atoms. The summed E-state index contributed by atoms with van der Waals surface area (Å²) in [5.41, 5.74) is 6.91. The minimum absolute atomic E-state index is 0.534. The van der Waals surface area contributed by atoms with Gasteiger partial charge in [-0.1, -0.05) is 48.5 Å². The molecule has 0 aliphatic carbocycles. The summed E-state index contributed by atoms with van der Waals surface area (Å²) in [6, 6.07) is 22.0. The van der Waals surface area contributed by atoms with Gasteiger partial charge in [0.2, 0.25) is 0 Å². The van der Waals surface area contributed by atoms with E-state index in [0.717, 1.165) is 27.8 Å². The van der Waals surface area contributed by atoms with Crippen LogP contribution in [0.2, 0.25) is 0 Å². The maximum atomic E-state index is 5.95. The highest BCUT2D eigenvalue weighted by Gasteiger charge is 2.06. The summed E-state index contributed by atoms with van der Waals surface area (Å²) in [4.78, 5) is 0. The Balaban J connectivity index is 2.10. The summed E-state index contributed by atoms with van der Waals surface area (Å²) in [5.74, 6) is 1.70. The Bertz CT molecular complexity index is 692. The van der Waals surface area contributed by atoms with Crippen LogP contribution >= 0.6 is 0 Å². The first-order valence-corrected chi connectivity index (χ1v) is 6.32. The number of hydrogen-bond donors (Lipinski definition) is 1. The molecule has 0 aliphatic heterocycles. The van der Waals surface area contributed by atoms with Gasteiger partial charge in [-0.15, -0.1) is 0 Å². The van der Waals surface area contributed by atoms with E-state index in [9.17, 15) is 0 Å². The van der Waals surface area contributed by atoms with Gasteiger partial charge in [0.05, 0.1) is 0 Å². The Hall–Kier alpha value is -2.32. The highest BCUT2D eigenvalue weighted by Crippen LogP contribution is 2.31. The van der Waals surface area contributed by atoms with E-state index < -0.39 is 0 Å². The molecule has 3 aromatic carbocycles. The fourth-order valence-electron chi connectivity index (χ4n) is 2.22. The van der Waals surface area contributed by atoms with Crippen molar-refractivity contribution in [1.29, 1.82) is 0 Å². The molecule has 0 aromatic heterocycles. The molecule has 3 rings (SSSR count). The molecular weight excluding hydrogens is 234 g/mol. The van der Waals surface area contributed by atoms with Crippen LogP contribution in [0.3, 0.4) is 0 Å². The first-order chi connectivity index (χ1) is 9.38. The number of hydrogen-bond acceptors (Lipinski definition) is 2. The van der Waals surface area contributed by atoms with E-state index in [0.29, 0.717) is 6.54 Å². The van der Waals surface area contributed by atoms with Gasteiger partial charge in [0.15, 0.2) is 0 Å². The fraction of sp³-hybridized carbons (Fsp3) is 0.0588. The average Bonchev–Trinajstić information content (AvgIpc) is 2.49. The zero-order valence-corrected chi connectivity index (χ0v) is 10.5. The van der Waals surface area contributed by atoms with Gasteiger partial charge in [-0.2, -0.15) is 0 Å². The molecule has 94 valence electrons. The Labute approximate surface area is 112 Å². The van der Waals surface area contributed by atoms with E-state index in [1.165, 1.54) is 0 Å². The normalized spacial score (nSPS) is 10.6. The third-order valence-electron chi connectivity index (χ3n) is 3.17. The quantitative estimate of drug-likeness (QED) is 0.758. The lowest BCUT2D eigenvalue weighted by molar-refractivity contribution is 0.488. The van der Waals surface area contributed by atoms with Gasteiger partial charge >= 0.3 is 0 Å². The number of rotatable bonds is 3. The third-order valence-corrected chi connectivity index (χ3v) is 3.17. The lowest BCUT2D eigenvalue weighted by atomic mass is 10.0. The van der Waals surface area contributed by atoms with Gasteiger partial charge in [-0.05, 0) is 29.1 Å². The van der Waals surface area contributed by atoms with Crippen LogP contribution in [0.25, 0.3) is 10.8 Å². The minimum Gasteiger partial charge on any atom is -0.457 e. The topological polar surface area (TPSA) is 35.2 Å². The highest BCUT2D eigenvalue weighted by atomic mass is 16.5. The van der Waals surface area contributed by atoms with Crippen molar-refractivity contribution < 1.29 is 4.74 Å². The maximum Gasteiger partial charge on any atom is 0.135 e. The van der Waals surface area contributed by atoms with E-state index in [-0.39, 0.29) is 0 Å².